The highest BCUT2D eigenvalue weighted by molar-refractivity contribution is 7.70. The molecule has 2 aromatic heterocycles. The van der Waals surface area contributed by atoms with Crippen molar-refractivity contribution in [3.8, 4) is 5.88 Å². The summed E-state index contributed by atoms with van der Waals surface area (Å²) in [7, 11) is 1.76. The van der Waals surface area contributed by atoms with E-state index in [9.17, 15) is 4.57 Å². The number of ether oxygens (including phenoxy) is 1. The summed E-state index contributed by atoms with van der Waals surface area (Å²) in [6.07, 6.45) is 3.66. The topological polar surface area (TPSA) is 95.5 Å². The van der Waals surface area contributed by atoms with Crippen LogP contribution in [0.4, 0.5) is 29.0 Å². The summed E-state index contributed by atoms with van der Waals surface area (Å²) < 4.78 is 18.9. The third-order valence-corrected chi connectivity index (χ3v) is 8.27. The molecule has 4 rings (SSSR count). The van der Waals surface area contributed by atoms with Gasteiger partial charge in [-0.05, 0) is 78.4 Å². The second kappa shape index (κ2) is 11.9. The minimum absolute atomic E-state index is 0.0589. The third-order valence-electron chi connectivity index (χ3n) is 6.44. The number of rotatable bonds is 9. The molecule has 1 fully saturated rings. The molecule has 0 saturated carbocycles. The molecular weight excluding hydrogens is 521 g/mol. The zero-order valence-corrected chi connectivity index (χ0v) is 24.6. The molecule has 0 radical (unpaired) electrons. The second-order valence-electron chi connectivity index (χ2n) is 10.4. The smallest absolute Gasteiger partial charge is 0.240 e. The first-order valence-electron chi connectivity index (χ1n) is 12.8. The zero-order chi connectivity index (χ0) is 27.4. The van der Waals surface area contributed by atoms with Gasteiger partial charge in [0.1, 0.15) is 23.7 Å². The third kappa shape index (κ3) is 6.95. The first-order chi connectivity index (χ1) is 18.0. The van der Waals surface area contributed by atoms with Crippen molar-refractivity contribution in [3.63, 3.8) is 0 Å². The average molecular weight is 558 g/mol. The van der Waals surface area contributed by atoms with E-state index in [1.807, 2.05) is 50.2 Å². The molecule has 3 heterocycles. The maximum atomic E-state index is 12.8. The normalized spacial score (nSPS) is 14.7. The van der Waals surface area contributed by atoms with E-state index in [-0.39, 0.29) is 6.10 Å². The van der Waals surface area contributed by atoms with E-state index < -0.39 is 7.14 Å². The van der Waals surface area contributed by atoms with E-state index in [4.69, 9.17) is 21.3 Å². The Morgan fingerprint density at radius 1 is 1.05 bits per heavy atom. The lowest BCUT2D eigenvalue weighted by Gasteiger charge is -2.36. The van der Waals surface area contributed by atoms with E-state index in [0.717, 1.165) is 37.1 Å². The van der Waals surface area contributed by atoms with Crippen LogP contribution < -0.4 is 25.6 Å². The summed E-state index contributed by atoms with van der Waals surface area (Å²) in [6.45, 7) is 9.31. The lowest BCUT2D eigenvalue weighted by atomic mass is 10.0. The fraction of sp³-hybridized carbons (Fsp3) is 0.444. The largest absolute Gasteiger partial charge is 0.473 e. The Hall–Kier alpha value is -2.87. The van der Waals surface area contributed by atoms with Crippen molar-refractivity contribution < 1.29 is 9.30 Å². The van der Waals surface area contributed by atoms with Crippen LogP contribution in [-0.2, 0) is 4.57 Å². The quantitative estimate of drug-likeness (QED) is 0.327. The van der Waals surface area contributed by atoms with Crippen molar-refractivity contribution in [2.45, 2.75) is 38.8 Å². The first kappa shape index (κ1) is 28.1. The van der Waals surface area contributed by atoms with Crippen LogP contribution in [0.25, 0.3) is 0 Å². The van der Waals surface area contributed by atoms with Gasteiger partial charge in [0.25, 0.3) is 0 Å². The number of nitrogens with one attached hydrogen (secondary N) is 2. The van der Waals surface area contributed by atoms with E-state index in [1.165, 1.54) is 6.20 Å². The number of hydrogen-bond acceptors (Lipinski definition) is 9. The van der Waals surface area contributed by atoms with Crippen molar-refractivity contribution >= 4 is 53.0 Å². The molecule has 3 aromatic rings. The Balaban J connectivity index is 1.57. The van der Waals surface area contributed by atoms with Gasteiger partial charge in [0.15, 0.2) is 5.82 Å². The summed E-state index contributed by atoms with van der Waals surface area (Å²) in [5.41, 5.74) is 1.35. The summed E-state index contributed by atoms with van der Waals surface area (Å²) >= 11 is 6.42. The number of halogens is 1. The Labute approximate surface area is 230 Å². The van der Waals surface area contributed by atoms with Gasteiger partial charge in [-0.25, -0.2) is 4.98 Å². The molecule has 0 bridgehead atoms. The minimum atomic E-state index is -2.52. The number of aromatic nitrogens is 3. The fourth-order valence-electron chi connectivity index (χ4n) is 4.44. The van der Waals surface area contributed by atoms with E-state index >= 15 is 0 Å². The van der Waals surface area contributed by atoms with E-state index in [1.54, 1.807) is 13.3 Å². The van der Waals surface area contributed by atoms with Crippen LogP contribution in [0.1, 0.15) is 26.7 Å². The van der Waals surface area contributed by atoms with Crippen LogP contribution in [0, 0.1) is 0 Å². The van der Waals surface area contributed by atoms with Crippen LogP contribution in [0.15, 0.2) is 42.6 Å². The highest BCUT2D eigenvalue weighted by Gasteiger charge is 2.23. The molecule has 38 heavy (non-hydrogen) atoms. The molecule has 9 nitrogen and oxygen atoms in total. The van der Waals surface area contributed by atoms with Crippen molar-refractivity contribution in [2.24, 2.45) is 0 Å². The van der Waals surface area contributed by atoms with Gasteiger partial charge >= 0.3 is 0 Å². The van der Waals surface area contributed by atoms with Gasteiger partial charge in [-0.2, -0.15) is 9.97 Å². The highest BCUT2D eigenvalue weighted by Crippen LogP contribution is 2.39. The van der Waals surface area contributed by atoms with Gasteiger partial charge in [0, 0.05) is 24.4 Å². The highest BCUT2D eigenvalue weighted by atomic mass is 35.5. The lowest BCUT2D eigenvalue weighted by molar-refractivity contribution is 0.233. The first-order valence-corrected chi connectivity index (χ1v) is 15.8. The van der Waals surface area contributed by atoms with Gasteiger partial charge in [-0.1, -0.05) is 23.7 Å². The standard InChI is InChI=1S/C27H37ClN7O2P/c1-18(2)37-26-22(11-12-24(32-26)35-15-13-19(14-16-35)34(3)4)31-27-29-17-20(28)25(33-27)30-21-9-7-8-10-23(21)38(5,6)36/h7-12,17-19H,13-16H2,1-6H3,(H2,29,30,31,33). The Kier molecular flexibility index (Phi) is 8.81. The van der Waals surface area contributed by atoms with Gasteiger partial charge in [0.05, 0.1) is 18.0 Å². The SMILES string of the molecule is CC(C)Oc1nc(N2CCC(N(C)C)CC2)ccc1Nc1ncc(Cl)c(Nc2ccccc2P(C)(C)=O)n1. The number of para-hydroxylation sites is 1. The van der Waals surface area contributed by atoms with Crippen molar-refractivity contribution in [1.82, 2.24) is 19.9 Å². The molecule has 0 amide bonds. The number of benzene rings is 1. The number of anilines is 5. The van der Waals surface area contributed by atoms with Crippen LogP contribution in [-0.4, -0.2) is 72.5 Å². The number of pyridine rings is 1. The molecular formula is C27H37ClN7O2P. The monoisotopic (exact) mass is 557 g/mol. The van der Waals surface area contributed by atoms with Crippen LogP contribution >= 0.6 is 18.7 Å². The maximum absolute atomic E-state index is 12.8. The van der Waals surface area contributed by atoms with Gasteiger partial charge in [0.2, 0.25) is 11.8 Å². The van der Waals surface area contributed by atoms with Gasteiger partial charge in [-0.15, -0.1) is 0 Å². The molecule has 0 spiro atoms. The Morgan fingerprint density at radius 3 is 2.42 bits per heavy atom. The fourth-order valence-corrected chi connectivity index (χ4v) is 5.73. The van der Waals surface area contributed by atoms with Gasteiger partial charge < -0.3 is 29.7 Å². The summed E-state index contributed by atoms with van der Waals surface area (Å²) in [5.74, 6) is 2.12. The van der Waals surface area contributed by atoms with Crippen molar-refractivity contribution in [3.05, 3.63) is 47.6 Å². The Morgan fingerprint density at radius 2 is 1.76 bits per heavy atom. The molecule has 0 unspecified atom stereocenters. The van der Waals surface area contributed by atoms with Crippen LogP contribution in [0.5, 0.6) is 5.88 Å². The lowest BCUT2D eigenvalue weighted by Crippen LogP contribution is -2.42. The van der Waals surface area contributed by atoms with E-state index in [2.05, 4.69) is 44.5 Å². The second-order valence-corrected chi connectivity index (χ2v) is 14.0. The number of piperidine rings is 1. The van der Waals surface area contributed by atoms with E-state index in [0.29, 0.717) is 40.1 Å². The summed E-state index contributed by atoms with van der Waals surface area (Å²) in [6, 6.07) is 12.0. The average Bonchev–Trinajstić information content (AvgIpc) is 2.86. The van der Waals surface area contributed by atoms with Crippen LogP contribution in [0.3, 0.4) is 0 Å². The Bertz CT molecular complexity index is 1310. The molecule has 1 aliphatic heterocycles. The van der Waals surface area contributed by atoms with Crippen LogP contribution in [0.2, 0.25) is 5.02 Å². The molecule has 1 aliphatic rings. The minimum Gasteiger partial charge on any atom is -0.473 e. The molecule has 0 aliphatic carbocycles. The molecule has 11 heteroatoms. The molecule has 204 valence electrons. The van der Waals surface area contributed by atoms with Crippen molar-refractivity contribution in [2.75, 3.05) is 56.0 Å². The number of nitrogens with zero attached hydrogens (tertiary/aromatic N) is 5. The molecule has 2 N–H and O–H groups in total. The summed E-state index contributed by atoms with van der Waals surface area (Å²) in [4.78, 5) is 18.4. The maximum Gasteiger partial charge on any atom is 0.240 e. The predicted molar refractivity (Wildman–Crippen MR) is 158 cm³/mol. The zero-order valence-electron chi connectivity index (χ0n) is 22.9. The van der Waals surface area contributed by atoms with Crippen molar-refractivity contribution in [1.29, 1.82) is 0 Å². The van der Waals surface area contributed by atoms with Gasteiger partial charge in [-0.3, -0.25) is 0 Å². The molecule has 1 saturated heterocycles. The molecule has 0 atom stereocenters. The molecule has 1 aromatic carbocycles. The summed E-state index contributed by atoms with van der Waals surface area (Å²) in [5, 5.41) is 7.55. The number of hydrogen-bond donors (Lipinski definition) is 2. The predicted octanol–water partition coefficient (Wildman–Crippen LogP) is 5.58.